The third-order valence-electron chi connectivity index (χ3n) is 4.52. The van der Waals surface area contributed by atoms with Gasteiger partial charge in [-0.3, -0.25) is 9.48 Å². The molecule has 1 amide bonds. The van der Waals surface area contributed by atoms with E-state index in [0.29, 0.717) is 28.7 Å². The van der Waals surface area contributed by atoms with Gasteiger partial charge in [-0.1, -0.05) is 23.7 Å². The Morgan fingerprint density at radius 1 is 1.32 bits per heavy atom. The fourth-order valence-electron chi connectivity index (χ4n) is 3.00. The maximum absolute atomic E-state index is 12.8. The van der Waals surface area contributed by atoms with Gasteiger partial charge in [0.05, 0.1) is 17.3 Å². The van der Waals surface area contributed by atoms with Crippen LogP contribution in [0.1, 0.15) is 28.8 Å². The predicted octanol–water partition coefficient (Wildman–Crippen LogP) is 3.81. The fraction of sp³-hybridized carbons (Fsp3) is 0.263. The van der Waals surface area contributed by atoms with Crippen molar-refractivity contribution in [3.8, 4) is 0 Å². The molecule has 4 rings (SSSR count). The quantitative estimate of drug-likeness (QED) is 0.731. The molecule has 0 aliphatic heterocycles. The van der Waals surface area contributed by atoms with Gasteiger partial charge < -0.3 is 11.1 Å². The lowest BCUT2D eigenvalue weighted by Crippen LogP contribution is -2.13. The van der Waals surface area contributed by atoms with Crippen molar-refractivity contribution in [3.05, 3.63) is 58.7 Å². The van der Waals surface area contributed by atoms with Gasteiger partial charge in [0.25, 0.3) is 5.91 Å². The molecule has 1 aliphatic carbocycles. The van der Waals surface area contributed by atoms with Crippen molar-refractivity contribution in [2.45, 2.75) is 25.9 Å². The van der Waals surface area contributed by atoms with Crippen LogP contribution in [-0.2, 0) is 13.1 Å². The Morgan fingerprint density at radius 3 is 2.92 bits per heavy atom. The van der Waals surface area contributed by atoms with Crippen molar-refractivity contribution < 1.29 is 4.79 Å². The molecule has 1 fully saturated rings. The summed E-state index contributed by atoms with van der Waals surface area (Å²) in [6.45, 7) is 1.31. The summed E-state index contributed by atoms with van der Waals surface area (Å²) in [6, 6.07) is 11.1. The molecule has 6 heteroatoms. The van der Waals surface area contributed by atoms with Crippen LogP contribution in [-0.4, -0.2) is 15.7 Å². The number of nitrogens with one attached hydrogen (secondary N) is 1. The molecule has 0 saturated heterocycles. The van der Waals surface area contributed by atoms with Gasteiger partial charge in [0, 0.05) is 29.2 Å². The van der Waals surface area contributed by atoms with E-state index in [1.165, 1.54) is 12.8 Å². The molecule has 0 unspecified atom stereocenters. The van der Waals surface area contributed by atoms with Gasteiger partial charge in [-0.05, 0) is 48.6 Å². The fourth-order valence-corrected chi connectivity index (χ4v) is 3.21. The number of nitrogens with zero attached hydrogens (tertiary/aromatic N) is 2. The van der Waals surface area contributed by atoms with Crippen molar-refractivity contribution in [1.82, 2.24) is 9.78 Å². The normalized spacial score (nSPS) is 14.0. The van der Waals surface area contributed by atoms with E-state index in [9.17, 15) is 4.79 Å². The van der Waals surface area contributed by atoms with E-state index >= 15 is 0 Å². The summed E-state index contributed by atoms with van der Waals surface area (Å²) in [5, 5.41) is 8.73. The molecule has 0 spiro atoms. The molecule has 2 aromatic carbocycles. The number of amides is 1. The molecule has 3 N–H and O–H groups in total. The van der Waals surface area contributed by atoms with Crippen LogP contribution in [0.4, 0.5) is 5.69 Å². The Kier molecular flexibility index (Phi) is 4.19. The Balaban J connectivity index is 1.67. The van der Waals surface area contributed by atoms with Crippen LogP contribution in [0.5, 0.6) is 0 Å². The van der Waals surface area contributed by atoms with Crippen LogP contribution in [0.3, 0.4) is 0 Å². The molecule has 0 atom stereocenters. The molecule has 1 heterocycles. The first-order valence-corrected chi connectivity index (χ1v) is 8.77. The van der Waals surface area contributed by atoms with Crippen LogP contribution < -0.4 is 11.1 Å². The molecule has 25 heavy (non-hydrogen) atoms. The number of fused-ring (bicyclic) bond motifs is 1. The van der Waals surface area contributed by atoms with Crippen LogP contribution in [0, 0.1) is 5.92 Å². The van der Waals surface area contributed by atoms with E-state index in [1.807, 2.05) is 35.0 Å². The predicted molar refractivity (Wildman–Crippen MR) is 99.8 cm³/mol. The van der Waals surface area contributed by atoms with Crippen molar-refractivity contribution in [3.63, 3.8) is 0 Å². The Hall–Kier alpha value is -2.37. The highest BCUT2D eigenvalue weighted by Gasteiger charge is 2.24. The SMILES string of the molecule is NCc1cccc(NC(=O)c2cc(Cl)cc3c2cnn3CC2CC2)c1. The minimum Gasteiger partial charge on any atom is -0.326 e. The molecule has 1 aliphatic rings. The summed E-state index contributed by atoms with van der Waals surface area (Å²) in [5.74, 6) is 0.492. The topological polar surface area (TPSA) is 72.9 Å². The molecular weight excluding hydrogens is 336 g/mol. The summed E-state index contributed by atoms with van der Waals surface area (Å²) in [7, 11) is 0. The third-order valence-corrected chi connectivity index (χ3v) is 4.74. The average Bonchev–Trinajstić information content (AvgIpc) is 3.34. The van der Waals surface area contributed by atoms with Crippen molar-refractivity contribution >= 4 is 34.1 Å². The second-order valence-electron chi connectivity index (χ2n) is 6.51. The minimum atomic E-state index is -0.201. The smallest absolute Gasteiger partial charge is 0.256 e. The van der Waals surface area contributed by atoms with E-state index in [-0.39, 0.29) is 5.91 Å². The van der Waals surface area contributed by atoms with Gasteiger partial charge in [0.1, 0.15) is 0 Å². The number of rotatable bonds is 5. The number of hydrogen-bond acceptors (Lipinski definition) is 3. The van der Waals surface area contributed by atoms with E-state index in [0.717, 1.165) is 23.0 Å². The molecule has 0 bridgehead atoms. The molecule has 0 radical (unpaired) electrons. The Bertz CT molecular complexity index is 946. The van der Waals surface area contributed by atoms with E-state index < -0.39 is 0 Å². The van der Waals surface area contributed by atoms with Gasteiger partial charge in [0.2, 0.25) is 0 Å². The maximum atomic E-state index is 12.8. The van der Waals surface area contributed by atoms with Gasteiger partial charge >= 0.3 is 0 Å². The van der Waals surface area contributed by atoms with Gasteiger partial charge in [0.15, 0.2) is 0 Å². The largest absolute Gasteiger partial charge is 0.326 e. The number of aromatic nitrogens is 2. The van der Waals surface area contributed by atoms with Crippen LogP contribution in [0.25, 0.3) is 10.9 Å². The van der Waals surface area contributed by atoms with Crippen LogP contribution in [0.2, 0.25) is 5.02 Å². The lowest BCUT2D eigenvalue weighted by molar-refractivity contribution is 0.102. The van der Waals surface area contributed by atoms with Gasteiger partial charge in [-0.2, -0.15) is 5.10 Å². The lowest BCUT2D eigenvalue weighted by atomic mass is 10.1. The molecular formula is C19H19ClN4O. The number of halogens is 1. The van der Waals surface area contributed by atoms with Gasteiger partial charge in [-0.25, -0.2) is 0 Å². The molecule has 1 saturated carbocycles. The summed E-state index contributed by atoms with van der Waals surface area (Å²) in [6.07, 6.45) is 4.23. The number of anilines is 1. The van der Waals surface area contributed by atoms with E-state index in [4.69, 9.17) is 17.3 Å². The third kappa shape index (κ3) is 3.38. The van der Waals surface area contributed by atoms with Crippen LogP contribution >= 0.6 is 11.6 Å². The van der Waals surface area contributed by atoms with E-state index in [2.05, 4.69) is 10.4 Å². The molecule has 128 valence electrons. The van der Waals surface area contributed by atoms with E-state index in [1.54, 1.807) is 12.3 Å². The second-order valence-corrected chi connectivity index (χ2v) is 6.95. The minimum absolute atomic E-state index is 0.201. The van der Waals surface area contributed by atoms with Crippen molar-refractivity contribution in [2.75, 3.05) is 5.32 Å². The highest BCUT2D eigenvalue weighted by molar-refractivity contribution is 6.32. The zero-order valence-electron chi connectivity index (χ0n) is 13.7. The van der Waals surface area contributed by atoms with Crippen molar-refractivity contribution in [1.29, 1.82) is 0 Å². The standard InChI is InChI=1S/C19H19ClN4O/c20-14-7-16(19(25)23-15-3-1-2-13(6-15)9-21)17-10-22-24(18(17)8-14)11-12-4-5-12/h1-3,6-8,10,12H,4-5,9,11,21H2,(H,23,25). The number of nitrogens with two attached hydrogens (primary N) is 1. The monoisotopic (exact) mass is 354 g/mol. The number of carbonyl (C=O) groups excluding carboxylic acids is 1. The number of carbonyl (C=O) groups is 1. The van der Waals surface area contributed by atoms with Crippen molar-refractivity contribution in [2.24, 2.45) is 11.7 Å². The van der Waals surface area contributed by atoms with Gasteiger partial charge in [-0.15, -0.1) is 0 Å². The zero-order valence-corrected chi connectivity index (χ0v) is 14.5. The van der Waals surface area contributed by atoms with Crippen LogP contribution in [0.15, 0.2) is 42.6 Å². The molecule has 1 aromatic heterocycles. The summed E-state index contributed by atoms with van der Waals surface area (Å²) >= 11 is 6.26. The highest BCUT2D eigenvalue weighted by Crippen LogP contribution is 2.32. The number of hydrogen-bond donors (Lipinski definition) is 2. The second kappa shape index (κ2) is 6.50. The Morgan fingerprint density at radius 2 is 2.16 bits per heavy atom. The average molecular weight is 355 g/mol. The lowest BCUT2D eigenvalue weighted by Gasteiger charge is -2.09. The molecule has 5 nitrogen and oxygen atoms in total. The summed E-state index contributed by atoms with van der Waals surface area (Å²) in [4.78, 5) is 12.8. The Labute approximate surface area is 150 Å². The summed E-state index contributed by atoms with van der Waals surface area (Å²) in [5.41, 5.74) is 8.77. The zero-order chi connectivity index (χ0) is 17.4. The first-order chi connectivity index (χ1) is 12.1. The first kappa shape index (κ1) is 16.1. The number of benzene rings is 2. The molecule has 3 aromatic rings. The highest BCUT2D eigenvalue weighted by atomic mass is 35.5. The maximum Gasteiger partial charge on any atom is 0.256 e. The summed E-state index contributed by atoms with van der Waals surface area (Å²) < 4.78 is 1.95. The first-order valence-electron chi connectivity index (χ1n) is 8.39.